The molecule has 0 heterocycles. The molecule has 2 heteroatoms. The Morgan fingerprint density at radius 1 is 1.10 bits per heavy atom. The number of carbonyl (C=O) groups is 1. The van der Waals surface area contributed by atoms with E-state index in [9.17, 15) is 9.90 Å². The molecule has 4 aliphatic carbocycles. The van der Waals surface area contributed by atoms with Gasteiger partial charge >= 0.3 is 0 Å². The maximum Gasteiger partial charge on any atom is 0.139 e. The molecule has 4 aliphatic rings. The Morgan fingerprint density at radius 3 is 2.67 bits per heavy atom. The van der Waals surface area contributed by atoms with Gasteiger partial charge in [0, 0.05) is 11.8 Å². The Hall–Kier alpha value is -0.630. The fraction of sp³-hybridized carbons (Fsp3) is 0.842. The lowest BCUT2D eigenvalue weighted by molar-refractivity contribution is -0.132. The molecular formula is C19H28O2. The smallest absolute Gasteiger partial charge is 0.139 e. The zero-order chi connectivity index (χ0) is 14.8. The second kappa shape index (κ2) is 4.44. The summed E-state index contributed by atoms with van der Waals surface area (Å²) in [5.74, 6) is 2.48. The summed E-state index contributed by atoms with van der Waals surface area (Å²) >= 11 is 0. The molecule has 116 valence electrons. The van der Waals surface area contributed by atoms with Crippen LogP contribution in [0.1, 0.15) is 65.2 Å². The fourth-order valence-corrected chi connectivity index (χ4v) is 6.55. The normalized spacial score (nSPS) is 52.7. The molecule has 0 spiro atoms. The largest absolute Gasteiger partial charge is 0.389 e. The Kier molecular flexibility index (Phi) is 2.96. The van der Waals surface area contributed by atoms with Crippen LogP contribution in [0, 0.1) is 28.6 Å². The van der Waals surface area contributed by atoms with Crippen LogP contribution in [0.5, 0.6) is 0 Å². The van der Waals surface area contributed by atoms with Gasteiger partial charge in [-0.05, 0) is 73.7 Å². The lowest BCUT2D eigenvalue weighted by Crippen LogP contribution is -2.51. The number of ketones is 1. The molecule has 0 amide bonds. The maximum absolute atomic E-state index is 12.4. The van der Waals surface area contributed by atoms with Crippen LogP contribution in [-0.2, 0) is 4.79 Å². The SMILES string of the molecule is C[C@]12CC[C@H]3[C@@H](CC=C4[C@H](O)CCC[C@]43C)[C@@H]1CCC2=O. The molecule has 4 rings (SSSR count). The molecule has 3 saturated carbocycles. The van der Waals surface area contributed by atoms with Crippen molar-refractivity contribution in [1.82, 2.24) is 0 Å². The van der Waals surface area contributed by atoms with Gasteiger partial charge in [-0.1, -0.05) is 19.9 Å². The molecule has 6 atom stereocenters. The van der Waals surface area contributed by atoms with Gasteiger partial charge in [-0.3, -0.25) is 4.79 Å². The Balaban J connectivity index is 1.72. The number of fused-ring (bicyclic) bond motifs is 5. The van der Waals surface area contributed by atoms with Gasteiger partial charge in [0.05, 0.1) is 6.10 Å². The van der Waals surface area contributed by atoms with E-state index < -0.39 is 0 Å². The molecule has 2 nitrogen and oxygen atoms in total. The molecule has 0 aromatic heterocycles. The van der Waals surface area contributed by atoms with E-state index in [-0.39, 0.29) is 16.9 Å². The number of rotatable bonds is 0. The summed E-state index contributed by atoms with van der Waals surface area (Å²) in [5.41, 5.74) is 1.51. The lowest BCUT2D eigenvalue weighted by atomic mass is 9.48. The molecule has 21 heavy (non-hydrogen) atoms. The summed E-state index contributed by atoms with van der Waals surface area (Å²) in [6, 6.07) is 0. The van der Waals surface area contributed by atoms with Gasteiger partial charge in [0.15, 0.2) is 0 Å². The van der Waals surface area contributed by atoms with Gasteiger partial charge in [0.25, 0.3) is 0 Å². The van der Waals surface area contributed by atoms with Crippen molar-refractivity contribution < 1.29 is 9.90 Å². The molecule has 0 aromatic carbocycles. The first-order valence-electron chi connectivity index (χ1n) is 8.89. The summed E-state index contributed by atoms with van der Waals surface area (Å²) in [6.07, 6.45) is 10.8. The van der Waals surface area contributed by atoms with Crippen LogP contribution in [0.15, 0.2) is 11.6 Å². The number of allylic oxidation sites excluding steroid dienone is 1. The first-order valence-corrected chi connectivity index (χ1v) is 8.89. The third kappa shape index (κ3) is 1.72. The summed E-state index contributed by atoms with van der Waals surface area (Å²) in [7, 11) is 0. The summed E-state index contributed by atoms with van der Waals surface area (Å²) in [4.78, 5) is 12.4. The van der Waals surface area contributed by atoms with Crippen LogP contribution in [0.2, 0.25) is 0 Å². The Bertz CT molecular complexity index is 508. The second-order valence-corrected chi connectivity index (χ2v) is 8.52. The predicted molar refractivity (Wildman–Crippen MR) is 82.7 cm³/mol. The third-order valence-corrected chi connectivity index (χ3v) is 7.77. The van der Waals surface area contributed by atoms with E-state index in [1.807, 2.05) is 0 Å². The fourth-order valence-electron chi connectivity index (χ4n) is 6.55. The van der Waals surface area contributed by atoms with Crippen LogP contribution in [0.4, 0.5) is 0 Å². The molecule has 0 bridgehead atoms. The summed E-state index contributed by atoms with van der Waals surface area (Å²) in [6.45, 7) is 4.64. The van der Waals surface area contributed by atoms with Crippen molar-refractivity contribution in [2.75, 3.05) is 0 Å². The molecule has 0 radical (unpaired) electrons. The number of Topliss-reactive ketones (excluding diaryl/α,β-unsaturated/α-hetero) is 1. The third-order valence-electron chi connectivity index (χ3n) is 7.77. The quantitative estimate of drug-likeness (QED) is 0.687. The van der Waals surface area contributed by atoms with E-state index >= 15 is 0 Å². The van der Waals surface area contributed by atoms with Gasteiger partial charge in [-0.15, -0.1) is 0 Å². The first-order chi connectivity index (χ1) is 9.97. The molecule has 0 aromatic rings. The van der Waals surface area contributed by atoms with Gasteiger partial charge in [0.1, 0.15) is 5.78 Å². The van der Waals surface area contributed by atoms with Crippen molar-refractivity contribution >= 4 is 5.78 Å². The molecule has 3 fully saturated rings. The highest BCUT2D eigenvalue weighted by Crippen LogP contribution is 2.63. The van der Waals surface area contributed by atoms with Crippen molar-refractivity contribution in [3.8, 4) is 0 Å². The van der Waals surface area contributed by atoms with Gasteiger partial charge in [-0.2, -0.15) is 0 Å². The summed E-state index contributed by atoms with van der Waals surface area (Å²) < 4.78 is 0. The minimum Gasteiger partial charge on any atom is -0.389 e. The van der Waals surface area contributed by atoms with Crippen molar-refractivity contribution in [1.29, 1.82) is 0 Å². The topological polar surface area (TPSA) is 37.3 Å². The van der Waals surface area contributed by atoms with E-state index in [1.54, 1.807) is 0 Å². The van der Waals surface area contributed by atoms with Crippen molar-refractivity contribution in [3.63, 3.8) is 0 Å². The van der Waals surface area contributed by atoms with Crippen LogP contribution in [0.3, 0.4) is 0 Å². The van der Waals surface area contributed by atoms with Crippen LogP contribution < -0.4 is 0 Å². The van der Waals surface area contributed by atoms with Gasteiger partial charge in [0.2, 0.25) is 0 Å². The monoisotopic (exact) mass is 288 g/mol. The molecule has 0 aliphatic heterocycles. The van der Waals surface area contributed by atoms with Crippen LogP contribution in [0.25, 0.3) is 0 Å². The highest BCUT2D eigenvalue weighted by atomic mass is 16.3. The highest BCUT2D eigenvalue weighted by Gasteiger charge is 2.58. The van der Waals surface area contributed by atoms with Gasteiger partial charge < -0.3 is 5.11 Å². The van der Waals surface area contributed by atoms with Crippen molar-refractivity contribution in [2.24, 2.45) is 28.6 Å². The number of aliphatic hydroxyl groups is 1. The standard InChI is InChI=1S/C19H28O2/c1-18-10-3-4-16(20)15(18)6-5-12-13-7-8-17(21)19(13,2)11-9-14(12)18/h6,12-14,16,20H,3-5,7-11H2,1-2H3/t12-,13-,14-,16+,18-,19-/m0/s1. The van der Waals surface area contributed by atoms with Crippen LogP contribution in [-0.4, -0.2) is 17.0 Å². The zero-order valence-corrected chi connectivity index (χ0v) is 13.4. The van der Waals surface area contributed by atoms with E-state index in [4.69, 9.17) is 0 Å². The van der Waals surface area contributed by atoms with Crippen molar-refractivity contribution in [2.45, 2.75) is 71.3 Å². The zero-order valence-electron chi connectivity index (χ0n) is 13.4. The average molecular weight is 288 g/mol. The Labute approximate surface area is 128 Å². The Morgan fingerprint density at radius 2 is 1.86 bits per heavy atom. The molecule has 0 unspecified atom stereocenters. The van der Waals surface area contributed by atoms with E-state index in [1.165, 1.54) is 18.4 Å². The number of aliphatic hydroxyl groups excluding tert-OH is 1. The molecule has 0 saturated heterocycles. The van der Waals surface area contributed by atoms with E-state index in [2.05, 4.69) is 19.9 Å². The molecular weight excluding hydrogens is 260 g/mol. The highest BCUT2D eigenvalue weighted by molar-refractivity contribution is 5.87. The molecule has 1 N–H and O–H groups in total. The number of carbonyl (C=O) groups excluding carboxylic acids is 1. The average Bonchev–Trinajstić information content (AvgIpc) is 2.75. The number of hydrogen-bond acceptors (Lipinski definition) is 2. The van der Waals surface area contributed by atoms with Crippen molar-refractivity contribution in [3.05, 3.63) is 11.6 Å². The maximum atomic E-state index is 12.4. The minimum atomic E-state index is -0.205. The van der Waals surface area contributed by atoms with Gasteiger partial charge in [-0.25, -0.2) is 0 Å². The number of hydrogen-bond donors (Lipinski definition) is 1. The predicted octanol–water partition coefficient (Wildman–Crippen LogP) is 3.88. The van der Waals surface area contributed by atoms with E-state index in [0.29, 0.717) is 23.5 Å². The first kappa shape index (κ1) is 14.0. The summed E-state index contributed by atoms with van der Waals surface area (Å²) in [5, 5.41) is 10.4. The minimum absolute atomic E-state index is 0.0316. The second-order valence-electron chi connectivity index (χ2n) is 8.52. The van der Waals surface area contributed by atoms with E-state index in [0.717, 1.165) is 38.5 Å². The lowest BCUT2D eigenvalue weighted by Gasteiger charge is -2.57. The van der Waals surface area contributed by atoms with Crippen LogP contribution >= 0.6 is 0 Å².